The Labute approximate surface area is 191 Å². The number of carbonyl (C=O) groups is 1. The number of nitrogens with zero attached hydrogens (tertiary/aromatic N) is 3. The van der Waals surface area contributed by atoms with Crippen LogP contribution in [0.4, 0.5) is 0 Å². The minimum atomic E-state index is -4.10. The number of hydrogen-bond donors (Lipinski definition) is 5. The van der Waals surface area contributed by atoms with Crippen molar-refractivity contribution in [3.63, 3.8) is 0 Å². The van der Waals surface area contributed by atoms with Gasteiger partial charge in [-0.3, -0.25) is 19.5 Å². The first-order valence-electron chi connectivity index (χ1n) is 6.56. The Kier molecular flexibility index (Phi) is 12.9. The molecule has 11 nitrogen and oxygen atoms in total. The van der Waals surface area contributed by atoms with Crippen LogP contribution in [-0.4, -0.2) is 106 Å². The van der Waals surface area contributed by atoms with Crippen LogP contribution in [0.2, 0.25) is 0 Å². The molecule has 1 aromatic heterocycles. The molecule has 0 unspecified atom stereocenters. The molecule has 0 fully saturated rings. The van der Waals surface area contributed by atoms with E-state index in [1.54, 1.807) is 6.26 Å². The summed E-state index contributed by atoms with van der Waals surface area (Å²) < 4.78 is 11.1. The van der Waals surface area contributed by atoms with Crippen LogP contribution in [0.1, 0.15) is 26.5 Å². The van der Waals surface area contributed by atoms with E-state index in [0.717, 1.165) is 4.68 Å². The summed E-state index contributed by atoms with van der Waals surface area (Å²) in [4.78, 5) is 37.9. The normalized spacial score (nSPS) is 11.1. The van der Waals surface area contributed by atoms with Gasteiger partial charge in [0.05, 0.1) is 12.8 Å². The first-order chi connectivity index (χ1) is 10.8. The molecule has 0 aliphatic heterocycles. The second-order valence-corrected chi connectivity index (χ2v) is 8.02. The number of aliphatic carboxylic acids is 1. The van der Waals surface area contributed by atoms with Gasteiger partial charge in [-0.2, -0.15) is 4.68 Å². The van der Waals surface area contributed by atoms with Crippen LogP contribution in [0.3, 0.4) is 0 Å². The van der Waals surface area contributed by atoms with Gasteiger partial charge in [-0.05, 0) is 6.26 Å². The molecule has 1 rings (SSSR count). The molecular formula is C11H23KN5O6PS. The maximum atomic E-state index is 11.7. The fraction of sp³-hybridized carbons (Fsp3) is 0.636. The maximum absolute atomic E-state index is 11.7. The third-order valence-electron chi connectivity index (χ3n) is 2.35. The molecule has 0 spiro atoms. The summed E-state index contributed by atoms with van der Waals surface area (Å²) in [6.07, 6.45) is 1.20. The van der Waals surface area contributed by atoms with Crippen molar-refractivity contribution in [2.75, 3.05) is 24.9 Å². The van der Waals surface area contributed by atoms with E-state index < -0.39 is 26.4 Å². The molecule has 0 aromatic carbocycles. The second-order valence-electron chi connectivity index (χ2n) is 5.60. The van der Waals surface area contributed by atoms with Crippen molar-refractivity contribution in [3.8, 4) is 0 Å². The quantitative estimate of drug-likeness (QED) is 0.161. The van der Waals surface area contributed by atoms with Gasteiger partial charge in [0.25, 0.3) is 5.56 Å². The number of nitrogens with two attached hydrogens (primary N) is 1. The van der Waals surface area contributed by atoms with Crippen molar-refractivity contribution in [2.24, 2.45) is 0 Å². The number of thioether (sulfide) groups is 1. The molecule has 140 valence electrons. The number of aromatic nitrogens is 3. The molecule has 0 aliphatic rings. The van der Waals surface area contributed by atoms with Gasteiger partial charge in [0.1, 0.15) is 5.69 Å². The summed E-state index contributed by atoms with van der Waals surface area (Å²) in [5, 5.41) is 18.2. The number of rotatable bonds is 5. The summed E-state index contributed by atoms with van der Waals surface area (Å²) in [5.41, 5.74) is -0.225. The van der Waals surface area contributed by atoms with Gasteiger partial charge in [-0.1, -0.05) is 32.5 Å². The molecular weight excluding hydrogens is 400 g/mol. The average Bonchev–Trinajstić information content (AvgIpc) is 2.39. The molecule has 0 bridgehead atoms. The van der Waals surface area contributed by atoms with Crippen LogP contribution < -0.4 is 16.7 Å². The summed E-state index contributed by atoms with van der Waals surface area (Å²) in [7, 11) is -4.10. The van der Waals surface area contributed by atoms with E-state index in [-0.39, 0.29) is 62.4 Å². The predicted octanol–water partition coefficient (Wildman–Crippen LogP) is -1.48. The summed E-state index contributed by atoms with van der Waals surface area (Å²) in [6, 6.07) is 0. The van der Waals surface area contributed by atoms with Crippen molar-refractivity contribution in [3.05, 3.63) is 16.0 Å². The molecule has 6 N–H and O–H groups in total. The van der Waals surface area contributed by atoms with Gasteiger partial charge in [0.2, 0.25) is 5.16 Å². The Morgan fingerprint density at radius 3 is 2.24 bits per heavy atom. The van der Waals surface area contributed by atoms with Gasteiger partial charge >= 0.3 is 64.9 Å². The fourth-order valence-corrected chi connectivity index (χ4v) is 2.11. The topological polar surface area (TPSA) is 181 Å². The second kappa shape index (κ2) is 11.8. The van der Waals surface area contributed by atoms with Crippen molar-refractivity contribution in [2.45, 2.75) is 31.3 Å². The van der Waals surface area contributed by atoms with Crippen LogP contribution in [0.25, 0.3) is 0 Å². The molecule has 0 atom stereocenters. The summed E-state index contributed by atoms with van der Waals surface area (Å²) in [5.74, 6) is 4.43. The third-order valence-corrected chi connectivity index (χ3v) is 3.63. The average molecular weight is 423 g/mol. The molecule has 0 aliphatic carbocycles. The Hall–Kier alpha value is 0.176. The molecule has 0 amide bonds. The first-order valence-corrected chi connectivity index (χ1v) is 9.58. The zero-order valence-corrected chi connectivity index (χ0v) is 15.5. The SMILES string of the molecule is CSc1nnc(C(C)(C)C)c(=O)n1N.O=C(O)CNCP(=O)(O)O.[KH]. The van der Waals surface area contributed by atoms with Crippen molar-refractivity contribution in [1.82, 2.24) is 20.2 Å². The van der Waals surface area contributed by atoms with Gasteiger partial charge < -0.3 is 20.7 Å². The van der Waals surface area contributed by atoms with E-state index in [1.165, 1.54) is 11.8 Å². The summed E-state index contributed by atoms with van der Waals surface area (Å²) >= 11 is 1.29. The van der Waals surface area contributed by atoms with Crippen molar-refractivity contribution < 1.29 is 24.3 Å². The Bertz CT molecular complexity index is 674. The minimum absolute atomic E-state index is 0. The Morgan fingerprint density at radius 2 is 1.88 bits per heavy atom. The van der Waals surface area contributed by atoms with Gasteiger partial charge in [-0.15, -0.1) is 10.2 Å². The standard InChI is InChI=1S/C8H14N4OS.C3H8NO5P.K.H/c1-8(2,3)5-6(13)12(9)7(14-4)11-10-5;5-3(6)1-4-2-10(7,8)9;;/h9H2,1-4H3;4H,1-2H2,(H,5,6)(H2,7,8,9);;. The molecule has 1 aromatic rings. The van der Waals surface area contributed by atoms with Crippen LogP contribution in [0.15, 0.2) is 9.95 Å². The molecule has 0 radical (unpaired) electrons. The van der Waals surface area contributed by atoms with Crippen molar-refractivity contribution >= 4 is 76.7 Å². The molecule has 25 heavy (non-hydrogen) atoms. The third kappa shape index (κ3) is 11.5. The fourth-order valence-electron chi connectivity index (χ4n) is 1.30. The number of nitrogen functional groups attached to an aromatic ring is 1. The number of hydrogen-bond acceptors (Lipinski definition) is 8. The Morgan fingerprint density at radius 1 is 1.36 bits per heavy atom. The van der Waals surface area contributed by atoms with E-state index >= 15 is 0 Å². The van der Waals surface area contributed by atoms with E-state index in [1.807, 2.05) is 20.8 Å². The van der Waals surface area contributed by atoms with E-state index in [0.29, 0.717) is 10.9 Å². The predicted molar refractivity (Wildman–Crippen MR) is 96.6 cm³/mol. The number of carboxylic acid groups (broad SMARTS) is 1. The van der Waals surface area contributed by atoms with Gasteiger partial charge in [-0.25, -0.2) is 0 Å². The first kappa shape index (κ1) is 27.4. The van der Waals surface area contributed by atoms with Crippen LogP contribution in [0.5, 0.6) is 0 Å². The van der Waals surface area contributed by atoms with Crippen LogP contribution >= 0.6 is 19.4 Å². The van der Waals surface area contributed by atoms with E-state index in [4.69, 9.17) is 20.7 Å². The molecule has 0 saturated carbocycles. The number of carboxylic acids is 1. The zero-order chi connectivity index (χ0) is 19.1. The monoisotopic (exact) mass is 423 g/mol. The van der Waals surface area contributed by atoms with Gasteiger partial charge in [0.15, 0.2) is 0 Å². The molecule has 14 heteroatoms. The van der Waals surface area contributed by atoms with Gasteiger partial charge in [0, 0.05) is 5.41 Å². The van der Waals surface area contributed by atoms with Crippen LogP contribution in [0, 0.1) is 0 Å². The molecule has 1 heterocycles. The van der Waals surface area contributed by atoms with Crippen LogP contribution in [-0.2, 0) is 14.8 Å². The summed E-state index contributed by atoms with van der Waals surface area (Å²) in [6.45, 7) is 5.26. The Balaban J connectivity index is 0. The van der Waals surface area contributed by atoms with E-state index in [2.05, 4.69) is 15.5 Å². The molecule has 0 saturated heterocycles. The zero-order valence-electron chi connectivity index (χ0n) is 13.8. The number of nitrogens with one attached hydrogen (secondary N) is 1. The van der Waals surface area contributed by atoms with Crippen molar-refractivity contribution in [1.29, 1.82) is 0 Å². The van der Waals surface area contributed by atoms with E-state index in [9.17, 15) is 14.2 Å².